The second-order valence-corrected chi connectivity index (χ2v) is 6.44. The van der Waals surface area contributed by atoms with Gasteiger partial charge in [-0.1, -0.05) is 38.9 Å². The maximum absolute atomic E-state index is 12.4. The lowest BCUT2D eigenvalue weighted by atomic mass is 9.77. The molecule has 104 valence electrons. The van der Waals surface area contributed by atoms with Gasteiger partial charge >= 0.3 is 0 Å². The van der Waals surface area contributed by atoms with Crippen LogP contribution in [0.1, 0.15) is 58.8 Å². The van der Waals surface area contributed by atoms with Crippen LogP contribution in [0.15, 0.2) is 0 Å². The molecule has 4 heteroatoms. The Morgan fingerprint density at radius 3 is 2.50 bits per heavy atom. The number of hydrogen-bond acceptors (Lipinski definition) is 2. The minimum Gasteiger partial charge on any atom is -0.393 e. The molecule has 1 amide bonds. The van der Waals surface area contributed by atoms with Crippen LogP contribution < -0.4 is 11.1 Å². The van der Waals surface area contributed by atoms with Crippen molar-refractivity contribution in [3.05, 3.63) is 0 Å². The molecule has 0 heterocycles. The van der Waals surface area contributed by atoms with E-state index in [0.717, 1.165) is 25.7 Å². The second-order valence-electron chi connectivity index (χ2n) is 5.91. The zero-order chi connectivity index (χ0) is 13.6. The molecule has 0 aliphatic heterocycles. The SMILES string of the molecule is CC(C)CC1(C(=O)NCCCC(N)=S)CCCC1. The molecule has 0 saturated heterocycles. The van der Waals surface area contributed by atoms with Gasteiger partial charge in [-0.15, -0.1) is 0 Å². The van der Waals surface area contributed by atoms with Gasteiger partial charge in [0.15, 0.2) is 0 Å². The standard InChI is InChI=1S/C14H26N2OS/c1-11(2)10-14(7-3-4-8-14)13(17)16-9-5-6-12(15)18/h11H,3-10H2,1-2H3,(H2,15,18)(H,16,17). The van der Waals surface area contributed by atoms with Gasteiger partial charge in [0.25, 0.3) is 0 Å². The third kappa shape index (κ3) is 4.56. The number of carbonyl (C=O) groups excluding carboxylic acids is 1. The fraction of sp³-hybridized carbons (Fsp3) is 0.857. The summed E-state index contributed by atoms with van der Waals surface area (Å²) in [5.74, 6) is 0.821. The van der Waals surface area contributed by atoms with Gasteiger partial charge in [0, 0.05) is 12.0 Å². The molecule has 3 N–H and O–H groups in total. The van der Waals surface area contributed by atoms with Crippen molar-refractivity contribution in [2.24, 2.45) is 17.1 Å². The van der Waals surface area contributed by atoms with E-state index in [1.54, 1.807) is 0 Å². The molecule has 0 bridgehead atoms. The van der Waals surface area contributed by atoms with E-state index in [1.165, 1.54) is 12.8 Å². The first-order chi connectivity index (χ1) is 8.46. The Bertz CT molecular complexity index is 296. The van der Waals surface area contributed by atoms with E-state index < -0.39 is 0 Å². The van der Waals surface area contributed by atoms with Gasteiger partial charge in [-0.25, -0.2) is 0 Å². The average Bonchev–Trinajstić information content (AvgIpc) is 2.72. The lowest BCUT2D eigenvalue weighted by Gasteiger charge is -2.29. The van der Waals surface area contributed by atoms with Gasteiger partial charge in [0.2, 0.25) is 5.91 Å². The van der Waals surface area contributed by atoms with Crippen LogP contribution in [-0.4, -0.2) is 17.4 Å². The van der Waals surface area contributed by atoms with Crippen LogP contribution in [-0.2, 0) is 4.79 Å². The number of rotatable bonds is 7. The summed E-state index contributed by atoms with van der Waals surface area (Å²) in [6.07, 6.45) is 7.04. The summed E-state index contributed by atoms with van der Waals surface area (Å²) in [7, 11) is 0. The first-order valence-corrected chi connectivity index (χ1v) is 7.44. The van der Waals surface area contributed by atoms with E-state index in [-0.39, 0.29) is 11.3 Å². The predicted molar refractivity (Wildman–Crippen MR) is 79.4 cm³/mol. The normalized spacial score (nSPS) is 17.9. The Balaban J connectivity index is 2.43. The highest BCUT2D eigenvalue weighted by molar-refractivity contribution is 7.80. The van der Waals surface area contributed by atoms with E-state index in [2.05, 4.69) is 19.2 Å². The highest BCUT2D eigenvalue weighted by Gasteiger charge is 2.40. The maximum atomic E-state index is 12.4. The van der Waals surface area contributed by atoms with Gasteiger partial charge < -0.3 is 11.1 Å². The average molecular weight is 270 g/mol. The van der Waals surface area contributed by atoms with E-state index >= 15 is 0 Å². The fourth-order valence-corrected chi connectivity index (χ4v) is 3.15. The molecule has 1 fully saturated rings. The molecule has 0 atom stereocenters. The van der Waals surface area contributed by atoms with Crippen molar-refractivity contribution in [2.75, 3.05) is 6.54 Å². The topological polar surface area (TPSA) is 55.1 Å². The summed E-state index contributed by atoms with van der Waals surface area (Å²) >= 11 is 4.83. The largest absolute Gasteiger partial charge is 0.393 e. The quantitative estimate of drug-likeness (QED) is 0.552. The van der Waals surface area contributed by atoms with E-state index in [1.807, 2.05) is 0 Å². The number of nitrogens with two attached hydrogens (primary N) is 1. The van der Waals surface area contributed by atoms with Crippen LogP contribution in [0.25, 0.3) is 0 Å². The maximum Gasteiger partial charge on any atom is 0.226 e. The third-order valence-electron chi connectivity index (χ3n) is 3.73. The van der Waals surface area contributed by atoms with Crippen molar-refractivity contribution in [3.63, 3.8) is 0 Å². The predicted octanol–water partition coefficient (Wildman–Crippen LogP) is 2.78. The molecule has 0 unspecified atom stereocenters. The molecule has 1 aliphatic carbocycles. The summed E-state index contributed by atoms with van der Waals surface area (Å²) in [6.45, 7) is 5.08. The van der Waals surface area contributed by atoms with Crippen molar-refractivity contribution < 1.29 is 4.79 Å². The first kappa shape index (κ1) is 15.4. The van der Waals surface area contributed by atoms with Crippen molar-refractivity contribution >= 4 is 23.1 Å². The van der Waals surface area contributed by atoms with Crippen molar-refractivity contribution in [1.29, 1.82) is 0 Å². The Labute approximate surface area is 116 Å². The zero-order valence-electron chi connectivity index (χ0n) is 11.6. The molecule has 0 aromatic carbocycles. The molecule has 0 aromatic rings. The molecule has 3 nitrogen and oxygen atoms in total. The summed E-state index contributed by atoms with van der Waals surface area (Å²) in [4.78, 5) is 12.9. The van der Waals surface area contributed by atoms with Crippen LogP contribution in [0, 0.1) is 11.3 Å². The van der Waals surface area contributed by atoms with Gasteiger partial charge in [-0.3, -0.25) is 4.79 Å². The number of thiocarbonyl (C=S) groups is 1. The molecule has 1 saturated carbocycles. The Kier molecular flexibility index (Phi) is 6.06. The molecule has 0 aromatic heterocycles. The molecular weight excluding hydrogens is 244 g/mol. The number of amides is 1. The van der Waals surface area contributed by atoms with Gasteiger partial charge in [0.1, 0.15) is 0 Å². The lowest BCUT2D eigenvalue weighted by Crippen LogP contribution is -2.40. The van der Waals surface area contributed by atoms with Gasteiger partial charge in [-0.2, -0.15) is 0 Å². The van der Waals surface area contributed by atoms with Crippen LogP contribution in [0.3, 0.4) is 0 Å². The molecule has 18 heavy (non-hydrogen) atoms. The summed E-state index contributed by atoms with van der Waals surface area (Å²) < 4.78 is 0. The van der Waals surface area contributed by atoms with E-state index in [0.29, 0.717) is 23.9 Å². The van der Waals surface area contributed by atoms with E-state index in [4.69, 9.17) is 18.0 Å². The van der Waals surface area contributed by atoms with Gasteiger partial charge in [0.05, 0.1) is 4.99 Å². The molecule has 0 spiro atoms. The minimum absolute atomic E-state index is 0.0998. The van der Waals surface area contributed by atoms with Crippen molar-refractivity contribution in [3.8, 4) is 0 Å². The number of nitrogens with one attached hydrogen (secondary N) is 1. The summed E-state index contributed by atoms with van der Waals surface area (Å²) in [5, 5.41) is 3.07. The Hall–Kier alpha value is -0.640. The summed E-state index contributed by atoms with van der Waals surface area (Å²) in [5.41, 5.74) is 5.34. The molecule has 1 aliphatic rings. The smallest absolute Gasteiger partial charge is 0.226 e. The highest BCUT2D eigenvalue weighted by Crippen LogP contribution is 2.43. The molecule has 1 rings (SSSR count). The zero-order valence-corrected chi connectivity index (χ0v) is 12.4. The Morgan fingerprint density at radius 2 is 2.00 bits per heavy atom. The minimum atomic E-state index is -0.0998. The third-order valence-corrected chi connectivity index (χ3v) is 3.93. The number of hydrogen-bond donors (Lipinski definition) is 2. The van der Waals surface area contributed by atoms with Crippen LogP contribution in [0.4, 0.5) is 0 Å². The van der Waals surface area contributed by atoms with Crippen LogP contribution in [0.2, 0.25) is 0 Å². The van der Waals surface area contributed by atoms with Crippen molar-refractivity contribution in [1.82, 2.24) is 5.32 Å². The first-order valence-electron chi connectivity index (χ1n) is 7.03. The highest BCUT2D eigenvalue weighted by atomic mass is 32.1. The lowest BCUT2D eigenvalue weighted by molar-refractivity contribution is -0.131. The summed E-state index contributed by atoms with van der Waals surface area (Å²) in [6, 6.07) is 0. The molecular formula is C14H26N2OS. The van der Waals surface area contributed by atoms with Crippen molar-refractivity contribution in [2.45, 2.75) is 58.8 Å². The molecule has 0 radical (unpaired) electrons. The van der Waals surface area contributed by atoms with Crippen LogP contribution in [0.5, 0.6) is 0 Å². The fourth-order valence-electron chi connectivity index (χ4n) is 3.01. The number of carbonyl (C=O) groups is 1. The van der Waals surface area contributed by atoms with Gasteiger partial charge in [-0.05, 0) is 38.0 Å². The second kappa shape index (κ2) is 7.07. The van der Waals surface area contributed by atoms with E-state index in [9.17, 15) is 4.79 Å². The Morgan fingerprint density at radius 1 is 1.39 bits per heavy atom. The monoisotopic (exact) mass is 270 g/mol. The van der Waals surface area contributed by atoms with Crippen LogP contribution >= 0.6 is 12.2 Å².